The lowest BCUT2D eigenvalue weighted by Crippen LogP contribution is -2.33. The Labute approximate surface area is 159 Å². The van der Waals surface area contributed by atoms with Gasteiger partial charge in [0.1, 0.15) is 24.7 Å². The van der Waals surface area contributed by atoms with Crippen molar-refractivity contribution in [1.82, 2.24) is 9.46 Å². The monoisotopic (exact) mass is 410 g/mol. The molecule has 0 saturated heterocycles. The van der Waals surface area contributed by atoms with Crippen molar-refractivity contribution >= 4 is 27.3 Å². The van der Waals surface area contributed by atoms with Gasteiger partial charge in [-0.15, -0.1) is 11.3 Å². The van der Waals surface area contributed by atoms with E-state index in [2.05, 4.69) is 5.16 Å². The van der Waals surface area contributed by atoms with Crippen LogP contribution in [0.5, 0.6) is 0 Å². The van der Waals surface area contributed by atoms with Gasteiger partial charge < -0.3 is 9.26 Å². The van der Waals surface area contributed by atoms with Crippen molar-refractivity contribution in [2.45, 2.75) is 11.5 Å². The Balaban J connectivity index is 1.56. The molecule has 0 aliphatic rings. The van der Waals surface area contributed by atoms with E-state index >= 15 is 0 Å². The molecule has 0 saturated carbocycles. The predicted molar refractivity (Wildman–Crippen MR) is 95.8 cm³/mol. The number of carbonyl (C=O) groups is 1. The van der Waals surface area contributed by atoms with E-state index in [9.17, 15) is 17.6 Å². The van der Waals surface area contributed by atoms with Crippen molar-refractivity contribution in [2.75, 3.05) is 13.6 Å². The predicted octanol–water partition coefficient (Wildman–Crippen LogP) is 2.91. The van der Waals surface area contributed by atoms with E-state index in [0.717, 1.165) is 33.4 Å². The largest absolute Gasteiger partial charge is 0.458 e. The minimum atomic E-state index is -3.93. The Morgan fingerprint density at radius 2 is 2.04 bits per heavy atom. The van der Waals surface area contributed by atoms with Gasteiger partial charge in [0.25, 0.3) is 0 Å². The van der Waals surface area contributed by atoms with Gasteiger partial charge in [-0.05, 0) is 35.7 Å². The fraction of sp³-hybridized carbons (Fsp3) is 0.176. The van der Waals surface area contributed by atoms with Crippen LogP contribution in [0.4, 0.5) is 4.39 Å². The number of benzene rings is 1. The van der Waals surface area contributed by atoms with E-state index in [-0.39, 0.29) is 11.5 Å². The molecule has 0 bridgehead atoms. The average molecular weight is 410 g/mol. The number of likely N-dealkylation sites (N-methyl/N-ethyl adjacent to an activating group) is 1. The van der Waals surface area contributed by atoms with Gasteiger partial charge >= 0.3 is 5.97 Å². The Hall–Kier alpha value is -2.56. The van der Waals surface area contributed by atoms with Crippen molar-refractivity contribution in [3.8, 4) is 10.6 Å². The number of thiophene rings is 1. The number of halogens is 1. The average Bonchev–Trinajstić information content (AvgIpc) is 3.31. The summed E-state index contributed by atoms with van der Waals surface area (Å²) in [5.74, 6) is -0.735. The second-order valence-corrected chi connectivity index (χ2v) is 8.53. The van der Waals surface area contributed by atoms with Gasteiger partial charge in [0.15, 0.2) is 5.76 Å². The molecule has 0 radical (unpaired) electrons. The molecule has 0 amide bonds. The molecule has 3 rings (SSSR count). The summed E-state index contributed by atoms with van der Waals surface area (Å²) in [6.45, 7) is -0.631. The first kappa shape index (κ1) is 19.2. The second-order valence-electron chi connectivity index (χ2n) is 5.54. The zero-order valence-electron chi connectivity index (χ0n) is 14.2. The van der Waals surface area contributed by atoms with Crippen molar-refractivity contribution in [3.63, 3.8) is 0 Å². The van der Waals surface area contributed by atoms with Crippen LogP contribution in [-0.4, -0.2) is 37.4 Å². The summed E-state index contributed by atoms with van der Waals surface area (Å²) in [6, 6.07) is 9.74. The lowest BCUT2D eigenvalue weighted by Gasteiger charge is -2.16. The number of hydrogen-bond acceptors (Lipinski definition) is 7. The van der Waals surface area contributed by atoms with Crippen molar-refractivity contribution in [3.05, 3.63) is 59.4 Å². The highest BCUT2D eigenvalue weighted by molar-refractivity contribution is 7.89. The molecule has 2 aromatic heterocycles. The van der Waals surface area contributed by atoms with E-state index in [1.807, 2.05) is 17.5 Å². The number of hydrogen-bond donors (Lipinski definition) is 0. The number of aromatic nitrogens is 1. The van der Waals surface area contributed by atoms with Crippen LogP contribution in [0.2, 0.25) is 0 Å². The van der Waals surface area contributed by atoms with E-state index in [4.69, 9.17) is 9.26 Å². The second kappa shape index (κ2) is 7.99. The van der Waals surface area contributed by atoms with Crippen LogP contribution in [0.3, 0.4) is 0 Å². The van der Waals surface area contributed by atoms with Gasteiger partial charge in [0.05, 0.1) is 9.77 Å². The first-order valence-electron chi connectivity index (χ1n) is 7.73. The fourth-order valence-corrected chi connectivity index (χ4v) is 3.96. The molecule has 7 nitrogen and oxygen atoms in total. The van der Waals surface area contributed by atoms with Gasteiger partial charge in [-0.1, -0.05) is 11.2 Å². The quantitative estimate of drug-likeness (QED) is 0.557. The van der Waals surface area contributed by atoms with Gasteiger partial charge in [0.2, 0.25) is 10.0 Å². The molecule has 1 aromatic carbocycles. The van der Waals surface area contributed by atoms with Crippen molar-refractivity contribution in [1.29, 1.82) is 0 Å². The molecule has 0 aliphatic heterocycles. The van der Waals surface area contributed by atoms with Crippen molar-refractivity contribution in [2.24, 2.45) is 0 Å². The maximum absolute atomic E-state index is 12.9. The highest BCUT2D eigenvalue weighted by Crippen LogP contribution is 2.25. The van der Waals surface area contributed by atoms with Crippen LogP contribution in [-0.2, 0) is 26.2 Å². The molecule has 0 aliphatic carbocycles. The summed E-state index contributed by atoms with van der Waals surface area (Å²) in [5.41, 5.74) is 0.413. The molecule has 0 unspecified atom stereocenters. The summed E-state index contributed by atoms with van der Waals surface area (Å²) >= 11 is 1.49. The summed E-state index contributed by atoms with van der Waals surface area (Å²) in [6.07, 6.45) is 0. The summed E-state index contributed by atoms with van der Waals surface area (Å²) in [5, 5.41) is 5.71. The number of rotatable bonds is 7. The molecule has 0 N–H and O–H groups in total. The number of sulfonamides is 1. The number of esters is 1. The van der Waals surface area contributed by atoms with Crippen molar-refractivity contribution < 1.29 is 26.9 Å². The van der Waals surface area contributed by atoms with E-state index < -0.39 is 28.4 Å². The fourth-order valence-electron chi connectivity index (χ4n) is 2.17. The molecule has 0 fully saturated rings. The lowest BCUT2D eigenvalue weighted by atomic mass is 10.3. The smallest absolute Gasteiger partial charge is 0.321 e. The minimum Gasteiger partial charge on any atom is -0.458 e. The number of ether oxygens (including phenoxy) is 1. The van der Waals surface area contributed by atoms with Gasteiger partial charge in [0, 0.05) is 13.1 Å². The van der Waals surface area contributed by atoms with Gasteiger partial charge in [-0.3, -0.25) is 4.79 Å². The maximum atomic E-state index is 12.9. The lowest BCUT2D eigenvalue weighted by molar-refractivity contribution is -0.145. The Kier molecular flexibility index (Phi) is 5.68. The van der Waals surface area contributed by atoms with Crippen LogP contribution >= 0.6 is 11.3 Å². The Bertz CT molecular complexity index is 1010. The Morgan fingerprint density at radius 3 is 2.70 bits per heavy atom. The third kappa shape index (κ3) is 4.59. The highest BCUT2D eigenvalue weighted by Gasteiger charge is 2.23. The minimum absolute atomic E-state index is 0.115. The van der Waals surface area contributed by atoms with Crippen LogP contribution in [0.15, 0.2) is 57.3 Å². The zero-order valence-corrected chi connectivity index (χ0v) is 15.8. The number of nitrogens with zero attached hydrogens (tertiary/aromatic N) is 2. The molecule has 27 heavy (non-hydrogen) atoms. The third-order valence-electron chi connectivity index (χ3n) is 3.58. The maximum Gasteiger partial charge on any atom is 0.321 e. The topological polar surface area (TPSA) is 89.7 Å². The molecule has 0 spiro atoms. The van der Waals surface area contributed by atoms with Crippen LogP contribution in [0.1, 0.15) is 5.69 Å². The van der Waals surface area contributed by atoms with Gasteiger partial charge in [-0.25, -0.2) is 12.8 Å². The molecule has 10 heteroatoms. The summed E-state index contributed by atoms with van der Waals surface area (Å²) in [4.78, 5) is 12.7. The molecular formula is C17H15FN2O5S2. The summed E-state index contributed by atoms with van der Waals surface area (Å²) < 4.78 is 48.7. The van der Waals surface area contributed by atoms with Gasteiger partial charge in [-0.2, -0.15) is 4.31 Å². The SMILES string of the molecule is CN(CC(=O)OCc1cc(-c2cccs2)on1)S(=O)(=O)c1ccc(F)cc1. The third-order valence-corrected chi connectivity index (χ3v) is 6.28. The van der Waals surface area contributed by atoms with E-state index in [1.165, 1.54) is 18.4 Å². The van der Waals surface area contributed by atoms with E-state index in [0.29, 0.717) is 11.5 Å². The Morgan fingerprint density at radius 1 is 1.30 bits per heavy atom. The molecule has 142 valence electrons. The number of carbonyl (C=O) groups excluding carboxylic acids is 1. The van der Waals surface area contributed by atoms with Crippen LogP contribution in [0.25, 0.3) is 10.6 Å². The zero-order chi connectivity index (χ0) is 19.4. The first-order valence-corrected chi connectivity index (χ1v) is 10.1. The normalized spacial score (nSPS) is 11.7. The first-order chi connectivity index (χ1) is 12.9. The van der Waals surface area contributed by atoms with Crippen LogP contribution in [0, 0.1) is 5.82 Å². The summed E-state index contributed by atoms with van der Waals surface area (Å²) in [7, 11) is -2.69. The molecular weight excluding hydrogens is 395 g/mol. The standard InChI is InChI=1S/C17H15FN2O5S2/c1-20(27(22,23)14-6-4-12(18)5-7-14)10-17(21)24-11-13-9-15(25-19-13)16-3-2-8-26-16/h2-9H,10-11H2,1H3. The molecule has 2 heterocycles. The molecule has 3 aromatic rings. The molecule has 0 atom stereocenters. The van der Waals surface area contributed by atoms with E-state index in [1.54, 1.807) is 6.07 Å². The van der Waals surface area contributed by atoms with Crippen LogP contribution < -0.4 is 0 Å². The highest BCUT2D eigenvalue weighted by atomic mass is 32.2.